The standard InChI is InChI=1S/C20H14N6OS/c21-11-13-2-5-15(6-3-13)24-18(27)12-28-20-25-16-7-4-14(10-17(16)26-20)19-22-8-1-9-23-19/h1-10H,12H2,(H,24,27)(H,25,26). The fraction of sp³-hybridized carbons (Fsp3) is 0.0500. The first-order valence-corrected chi connectivity index (χ1v) is 9.40. The topological polar surface area (TPSA) is 107 Å². The highest BCUT2D eigenvalue weighted by Crippen LogP contribution is 2.24. The van der Waals surface area contributed by atoms with E-state index in [4.69, 9.17) is 5.26 Å². The molecule has 0 saturated carbocycles. The summed E-state index contributed by atoms with van der Waals surface area (Å²) in [6, 6.07) is 16.3. The van der Waals surface area contributed by atoms with Crippen molar-refractivity contribution in [3.63, 3.8) is 0 Å². The van der Waals surface area contributed by atoms with Gasteiger partial charge in [0.15, 0.2) is 11.0 Å². The second-order valence-corrected chi connectivity index (χ2v) is 6.84. The Bertz CT molecular complexity index is 1170. The van der Waals surface area contributed by atoms with Crippen molar-refractivity contribution in [3.05, 3.63) is 66.5 Å². The number of hydrogen-bond acceptors (Lipinski definition) is 6. The number of carbonyl (C=O) groups is 1. The molecule has 1 amide bonds. The Morgan fingerprint density at radius 2 is 1.93 bits per heavy atom. The summed E-state index contributed by atoms with van der Waals surface area (Å²) in [5, 5.41) is 12.3. The second-order valence-electron chi connectivity index (χ2n) is 5.87. The van der Waals surface area contributed by atoms with Gasteiger partial charge in [-0.15, -0.1) is 0 Å². The minimum atomic E-state index is -0.145. The zero-order chi connectivity index (χ0) is 19.3. The summed E-state index contributed by atoms with van der Waals surface area (Å²) < 4.78 is 0. The van der Waals surface area contributed by atoms with Crippen LogP contribution in [0.1, 0.15) is 5.56 Å². The summed E-state index contributed by atoms with van der Waals surface area (Å²) in [5.74, 6) is 0.720. The Kier molecular flexibility index (Phi) is 4.99. The van der Waals surface area contributed by atoms with Gasteiger partial charge in [-0.25, -0.2) is 15.0 Å². The highest BCUT2D eigenvalue weighted by molar-refractivity contribution is 7.99. The molecule has 2 N–H and O–H groups in total. The fourth-order valence-corrected chi connectivity index (χ4v) is 3.29. The van der Waals surface area contributed by atoms with Crippen LogP contribution in [0.25, 0.3) is 22.4 Å². The molecule has 0 fully saturated rings. The van der Waals surface area contributed by atoms with Crippen LogP contribution in [-0.4, -0.2) is 31.6 Å². The van der Waals surface area contributed by atoms with Crippen LogP contribution in [0.2, 0.25) is 0 Å². The molecule has 0 bridgehead atoms. The molecule has 2 aromatic heterocycles. The van der Waals surface area contributed by atoms with Gasteiger partial charge < -0.3 is 10.3 Å². The Balaban J connectivity index is 1.41. The molecule has 4 rings (SSSR count). The van der Waals surface area contributed by atoms with Gasteiger partial charge in [0, 0.05) is 23.6 Å². The summed E-state index contributed by atoms with van der Waals surface area (Å²) in [4.78, 5) is 28.4. The second kappa shape index (κ2) is 7.90. The molecule has 8 heteroatoms. The van der Waals surface area contributed by atoms with Crippen molar-refractivity contribution in [1.82, 2.24) is 19.9 Å². The summed E-state index contributed by atoms with van der Waals surface area (Å²) in [7, 11) is 0. The normalized spacial score (nSPS) is 10.5. The first-order chi connectivity index (χ1) is 13.7. The molecule has 7 nitrogen and oxygen atoms in total. The number of thioether (sulfide) groups is 1. The lowest BCUT2D eigenvalue weighted by molar-refractivity contribution is -0.113. The number of carbonyl (C=O) groups excluding carboxylic acids is 1. The van der Waals surface area contributed by atoms with Gasteiger partial charge in [-0.05, 0) is 48.5 Å². The molecular weight excluding hydrogens is 372 g/mol. The maximum atomic E-state index is 12.1. The molecule has 0 radical (unpaired) electrons. The maximum Gasteiger partial charge on any atom is 0.234 e. The SMILES string of the molecule is N#Cc1ccc(NC(=O)CSc2nc3ccc(-c4ncccn4)cc3[nH]2)cc1. The van der Waals surface area contributed by atoms with Gasteiger partial charge in [0.1, 0.15) is 0 Å². The molecule has 2 aromatic carbocycles. The van der Waals surface area contributed by atoms with Crippen molar-refractivity contribution >= 4 is 34.4 Å². The number of rotatable bonds is 5. The van der Waals surface area contributed by atoms with Gasteiger partial charge in [0.05, 0.1) is 28.4 Å². The van der Waals surface area contributed by atoms with E-state index in [0.29, 0.717) is 22.2 Å². The van der Waals surface area contributed by atoms with Crippen LogP contribution in [0.4, 0.5) is 5.69 Å². The predicted molar refractivity (Wildman–Crippen MR) is 108 cm³/mol. The summed E-state index contributed by atoms with van der Waals surface area (Å²) in [6.45, 7) is 0. The minimum absolute atomic E-state index is 0.145. The van der Waals surface area contributed by atoms with Gasteiger partial charge in [-0.3, -0.25) is 4.79 Å². The van der Waals surface area contributed by atoms with Crippen molar-refractivity contribution in [1.29, 1.82) is 5.26 Å². The lowest BCUT2D eigenvalue weighted by Gasteiger charge is -2.03. The van der Waals surface area contributed by atoms with Crippen LogP contribution in [0, 0.1) is 11.3 Å². The van der Waals surface area contributed by atoms with E-state index in [1.165, 1.54) is 11.8 Å². The third-order valence-electron chi connectivity index (χ3n) is 3.92. The number of amides is 1. The Morgan fingerprint density at radius 3 is 2.68 bits per heavy atom. The van der Waals surface area contributed by atoms with Crippen LogP contribution >= 0.6 is 11.8 Å². The van der Waals surface area contributed by atoms with Gasteiger partial charge in [0.25, 0.3) is 0 Å². The highest BCUT2D eigenvalue weighted by atomic mass is 32.2. The highest BCUT2D eigenvalue weighted by Gasteiger charge is 2.09. The summed E-state index contributed by atoms with van der Waals surface area (Å²) in [5.41, 5.74) is 3.78. The molecule has 28 heavy (non-hydrogen) atoms. The largest absolute Gasteiger partial charge is 0.333 e. The van der Waals surface area contributed by atoms with Crippen LogP contribution < -0.4 is 5.32 Å². The van der Waals surface area contributed by atoms with E-state index in [1.54, 1.807) is 42.7 Å². The third kappa shape index (κ3) is 4.00. The zero-order valence-corrected chi connectivity index (χ0v) is 15.4. The molecule has 4 aromatic rings. The molecule has 0 aliphatic carbocycles. The van der Waals surface area contributed by atoms with Crippen molar-refractivity contribution < 1.29 is 4.79 Å². The molecule has 0 unspecified atom stereocenters. The first-order valence-electron chi connectivity index (χ1n) is 8.41. The molecule has 0 atom stereocenters. The number of imidazole rings is 1. The van der Waals surface area contributed by atoms with E-state index in [9.17, 15) is 4.79 Å². The van der Waals surface area contributed by atoms with Gasteiger partial charge in [-0.2, -0.15) is 5.26 Å². The van der Waals surface area contributed by atoms with E-state index in [2.05, 4.69) is 25.3 Å². The lowest BCUT2D eigenvalue weighted by atomic mass is 10.2. The average Bonchev–Trinajstić information content (AvgIpc) is 3.16. The van der Waals surface area contributed by atoms with Crippen LogP contribution in [-0.2, 0) is 4.79 Å². The quantitative estimate of drug-likeness (QED) is 0.507. The Morgan fingerprint density at radius 1 is 1.14 bits per heavy atom. The molecule has 0 aliphatic rings. The molecule has 0 spiro atoms. The molecule has 0 saturated heterocycles. The van der Waals surface area contributed by atoms with Gasteiger partial charge in [0.2, 0.25) is 5.91 Å². The number of hydrogen-bond donors (Lipinski definition) is 2. The molecule has 2 heterocycles. The number of benzene rings is 2. The van der Waals surface area contributed by atoms with Crippen LogP contribution in [0.3, 0.4) is 0 Å². The van der Waals surface area contributed by atoms with Crippen molar-refractivity contribution in [2.24, 2.45) is 0 Å². The number of anilines is 1. The number of nitrogens with one attached hydrogen (secondary N) is 2. The molecule has 136 valence electrons. The van der Waals surface area contributed by atoms with Gasteiger partial charge >= 0.3 is 0 Å². The summed E-state index contributed by atoms with van der Waals surface area (Å²) in [6.07, 6.45) is 3.40. The van der Waals surface area contributed by atoms with Crippen molar-refractivity contribution in [2.75, 3.05) is 11.1 Å². The van der Waals surface area contributed by atoms with Crippen molar-refractivity contribution in [3.8, 4) is 17.5 Å². The monoisotopic (exact) mass is 386 g/mol. The number of H-pyrrole nitrogens is 1. The molecular formula is C20H14N6OS. The molecule has 0 aliphatic heterocycles. The smallest absolute Gasteiger partial charge is 0.234 e. The third-order valence-corrected chi connectivity index (χ3v) is 4.80. The first kappa shape index (κ1) is 17.7. The van der Waals surface area contributed by atoms with E-state index in [1.807, 2.05) is 24.3 Å². The van der Waals surface area contributed by atoms with Crippen molar-refractivity contribution in [2.45, 2.75) is 5.16 Å². The van der Waals surface area contributed by atoms with E-state index in [-0.39, 0.29) is 11.7 Å². The van der Waals surface area contributed by atoms with Gasteiger partial charge in [-0.1, -0.05) is 11.8 Å². The Hall–Kier alpha value is -3.70. The minimum Gasteiger partial charge on any atom is -0.333 e. The van der Waals surface area contributed by atoms with E-state index >= 15 is 0 Å². The predicted octanol–water partition coefficient (Wildman–Crippen LogP) is 3.62. The van der Waals surface area contributed by atoms with Crippen LogP contribution in [0.15, 0.2) is 66.1 Å². The van der Waals surface area contributed by atoms with E-state index in [0.717, 1.165) is 16.6 Å². The fourth-order valence-electron chi connectivity index (χ4n) is 2.60. The summed E-state index contributed by atoms with van der Waals surface area (Å²) >= 11 is 1.32. The van der Waals surface area contributed by atoms with E-state index < -0.39 is 0 Å². The number of nitrogens with zero attached hydrogens (tertiary/aromatic N) is 4. The Labute approximate surface area is 164 Å². The number of aromatic amines is 1. The number of fused-ring (bicyclic) bond motifs is 1. The average molecular weight is 386 g/mol. The number of nitriles is 1. The maximum absolute atomic E-state index is 12.1. The number of aromatic nitrogens is 4. The zero-order valence-electron chi connectivity index (χ0n) is 14.6. The lowest BCUT2D eigenvalue weighted by Crippen LogP contribution is -2.14. The van der Waals surface area contributed by atoms with Crippen LogP contribution in [0.5, 0.6) is 0 Å².